The zero-order valence-corrected chi connectivity index (χ0v) is 29.9. The summed E-state index contributed by atoms with van der Waals surface area (Å²) >= 11 is 0. The van der Waals surface area contributed by atoms with Gasteiger partial charge in [0.25, 0.3) is 10.0 Å². The Balaban J connectivity index is 1.87. The molecule has 0 saturated heterocycles. The van der Waals surface area contributed by atoms with E-state index in [1.54, 1.807) is 12.1 Å². The first-order valence-corrected chi connectivity index (χ1v) is 17.7. The smallest absolute Gasteiger partial charge is 0.265 e. The molecule has 266 valence electrons. The maximum absolute atomic E-state index is 14.8. The van der Waals surface area contributed by atoms with E-state index in [2.05, 4.69) is 5.32 Å². The molecule has 12 heteroatoms. The van der Waals surface area contributed by atoms with Crippen molar-refractivity contribution in [1.82, 2.24) is 10.2 Å². The molecule has 0 bridgehead atoms. The highest BCUT2D eigenvalue weighted by Gasteiger charge is 2.36. The number of amides is 2. The van der Waals surface area contributed by atoms with Crippen LogP contribution < -0.4 is 28.6 Å². The van der Waals surface area contributed by atoms with Crippen molar-refractivity contribution in [2.45, 2.75) is 43.7 Å². The molecular formula is C38H45N3O8S. The molecule has 0 aliphatic carbocycles. The fourth-order valence-corrected chi connectivity index (χ4v) is 6.88. The number of nitrogens with zero attached hydrogens (tertiary/aromatic N) is 2. The Kier molecular flexibility index (Phi) is 13.5. The lowest BCUT2D eigenvalue weighted by Crippen LogP contribution is -2.53. The number of nitrogens with one attached hydrogen (secondary N) is 1. The number of hydrogen-bond donors (Lipinski definition) is 1. The summed E-state index contributed by atoms with van der Waals surface area (Å²) in [4.78, 5) is 30.0. The van der Waals surface area contributed by atoms with Crippen LogP contribution >= 0.6 is 0 Å². The number of carbonyl (C=O) groups excluding carboxylic acids is 2. The van der Waals surface area contributed by atoms with E-state index in [0.717, 1.165) is 28.3 Å². The van der Waals surface area contributed by atoms with Gasteiger partial charge in [-0.1, -0.05) is 74.0 Å². The number of carbonyl (C=O) groups is 2. The summed E-state index contributed by atoms with van der Waals surface area (Å²) in [5, 5.41) is 3.00. The van der Waals surface area contributed by atoms with E-state index in [-0.39, 0.29) is 41.0 Å². The van der Waals surface area contributed by atoms with Gasteiger partial charge in [-0.15, -0.1) is 0 Å². The van der Waals surface area contributed by atoms with Gasteiger partial charge in [0.15, 0.2) is 11.5 Å². The van der Waals surface area contributed by atoms with Crippen LogP contribution in [-0.4, -0.2) is 72.7 Å². The second kappa shape index (κ2) is 18.0. The maximum Gasteiger partial charge on any atom is 0.265 e. The molecule has 0 aromatic heterocycles. The highest BCUT2D eigenvalue weighted by molar-refractivity contribution is 7.92. The van der Waals surface area contributed by atoms with Gasteiger partial charge in [0.05, 0.1) is 39.0 Å². The molecule has 1 N–H and O–H groups in total. The monoisotopic (exact) mass is 703 g/mol. The van der Waals surface area contributed by atoms with Crippen molar-refractivity contribution in [3.8, 4) is 23.0 Å². The van der Waals surface area contributed by atoms with Crippen LogP contribution in [0.1, 0.15) is 30.9 Å². The van der Waals surface area contributed by atoms with E-state index >= 15 is 0 Å². The highest BCUT2D eigenvalue weighted by Crippen LogP contribution is 2.38. The zero-order valence-electron chi connectivity index (χ0n) is 29.1. The first-order chi connectivity index (χ1) is 24.2. The fraction of sp³-hybridized carbons (Fsp3) is 0.316. The molecule has 4 aromatic rings. The summed E-state index contributed by atoms with van der Waals surface area (Å²) in [6.45, 7) is 1.85. The number of hydrogen-bond acceptors (Lipinski definition) is 8. The standard InChI is InChI=1S/C38H45N3O8S/c1-6-7-22-39-38(43)33(23-28-14-10-8-11-15-28)40(26-29-16-12-9-13-17-29)37(42)27-41(32-24-30(46-2)18-20-34(32)47-3)50(44,45)31-19-21-35(48-4)36(25-31)49-5/h8-21,24-25,33H,6-7,22-23,26-27H2,1-5H3,(H,39,43)/t33-/m1/s1. The van der Waals surface area contributed by atoms with Crippen LogP contribution in [0.4, 0.5) is 5.69 Å². The molecule has 2 amide bonds. The Morgan fingerprint density at radius 3 is 1.96 bits per heavy atom. The molecule has 0 saturated carbocycles. The van der Waals surface area contributed by atoms with Gasteiger partial charge in [0.2, 0.25) is 11.8 Å². The van der Waals surface area contributed by atoms with Crippen molar-refractivity contribution in [2.24, 2.45) is 0 Å². The molecule has 0 aliphatic heterocycles. The Hall–Kier alpha value is -5.23. The number of sulfonamides is 1. The van der Waals surface area contributed by atoms with E-state index in [0.29, 0.717) is 18.0 Å². The number of methoxy groups -OCH3 is 4. The second-order valence-corrected chi connectivity index (χ2v) is 13.3. The molecule has 0 aliphatic rings. The first kappa shape index (κ1) is 37.6. The highest BCUT2D eigenvalue weighted by atomic mass is 32.2. The summed E-state index contributed by atoms with van der Waals surface area (Å²) in [7, 11) is 1.24. The van der Waals surface area contributed by atoms with Gasteiger partial charge in [-0.2, -0.15) is 0 Å². The minimum absolute atomic E-state index is 0.0534. The first-order valence-electron chi connectivity index (χ1n) is 16.3. The predicted molar refractivity (Wildman–Crippen MR) is 192 cm³/mol. The van der Waals surface area contributed by atoms with E-state index in [1.807, 2.05) is 67.6 Å². The number of rotatable bonds is 18. The van der Waals surface area contributed by atoms with Crippen LogP contribution in [0.15, 0.2) is 102 Å². The van der Waals surface area contributed by atoms with Crippen LogP contribution in [0.25, 0.3) is 0 Å². The molecule has 4 rings (SSSR count). The maximum atomic E-state index is 14.8. The molecule has 50 heavy (non-hydrogen) atoms. The van der Waals surface area contributed by atoms with Crippen molar-refractivity contribution in [2.75, 3.05) is 45.8 Å². The lowest BCUT2D eigenvalue weighted by molar-refractivity contribution is -0.140. The molecule has 0 heterocycles. The minimum Gasteiger partial charge on any atom is -0.497 e. The van der Waals surface area contributed by atoms with E-state index < -0.39 is 28.5 Å². The van der Waals surface area contributed by atoms with Gasteiger partial charge in [0, 0.05) is 31.6 Å². The van der Waals surface area contributed by atoms with Gasteiger partial charge in [-0.25, -0.2) is 8.42 Å². The lowest BCUT2D eigenvalue weighted by Gasteiger charge is -2.34. The van der Waals surface area contributed by atoms with Crippen molar-refractivity contribution in [1.29, 1.82) is 0 Å². The van der Waals surface area contributed by atoms with Crippen LogP contribution in [-0.2, 0) is 32.6 Å². The third kappa shape index (κ3) is 9.26. The van der Waals surface area contributed by atoms with Crippen LogP contribution in [0.3, 0.4) is 0 Å². The SMILES string of the molecule is CCCCNC(=O)[C@@H](Cc1ccccc1)N(Cc1ccccc1)C(=O)CN(c1cc(OC)ccc1OC)S(=O)(=O)c1ccc(OC)c(OC)c1. The fourth-order valence-electron chi connectivity index (χ4n) is 5.45. The minimum atomic E-state index is -4.48. The largest absolute Gasteiger partial charge is 0.497 e. The number of anilines is 1. The van der Waals surface area contributed by atoms with Crippen molar-refractivity contribution in [3.63, 3.8) is 0 Å². The average Bonchev–Trinajstić information content (AvgIpc) is 3.15. The summed E-state index contributed by atoms with van der Waals surface area (Å²) in [5.41, 5.74) is 1.69. The molecule has 0 unspecified atom stereocenters. The van der Waals surface area contributed by atoms with E-state index in [1.165, 1.54) is 57.6 Å². The molecule has 0 spiro atoms. The molecule has 0 fully saturated rings. The van der Waals surface area contributed by atoms with Crippen molar-refractivity contribution >= 4 is 27.5 Å². The quantitative estimate of drug-likeness (QED) is 0.135. The molecular weight excluding hydrogens is 658 g/mol. The zero-order chi connectivity index (χ0) is 36.1. The summed E-state index contributed by atoms with van der Waals surface area (Å²) in [6.07, 6.45) is 1.85. The summed E-state index contributed by atoms with van der Waals surface area (Å²) < 4.78 is 52.0. The number of benzene rings is 4. The molecule has 1 atom stereocenters. The van der Waals surface area contributed by atoms with Gasteiger partial charge < -0.3 is 29.2 Å². The third-order valence-electron chi connectivity index (χ3n) is 8.17. The Bertz CT molecular complexity index is 1820. The Morgan fingerprint density at radius 1 is 0.740 bits per heavy atom. The van der Waals surface area contributed by atoms with Gasteiger partial charge in [-0.3, -0.25) is 13.9 Å². The van der Waals surface area contributed by atoms with Gasteiger partial charge in [0.1, 0.15) is 24.1 Å². The normalized spacial score (nSPS) is 11.6. The lowest BCUT2D eigenvalue weighted by atomic mass is 10.0. The summed E-state index contributed by atoms with van der Waals surface area (Å²) in [6, 6.07) is 26.6. The van der Waals surface area contributed by atoms with E-state index in [9.17, 15) is 18.0 Å². The van der Waals surface area contributed by atoms with Crippen LogP contribution in [0.5, 0.6) is 23.0 Å². The summed E-state index contributed by atoms with van der Waals surface area (Å²) in [5.74, 6) is 0.124. The Labute approximate surface area is 294 Å². The van der Waals surface area contributed by atoms with Crippen molar-refractivity contribution < 1.29 is 37.0 Å². The molecule has 0 radical (unpaired) electrons. The van der Waals surface area contributed by atoms with Gasteiger partial charge in [-0.05, 0) is 41.8 Å². The van der Waals surface area contributed by atoms with Crippen LogP contribution in [0, 0.1) is 0 Å². The second-order valence-electron chi connectivity index (χ2n) is 11.4. The topological polar surface area (TPSA) is 124 Å². The van der Waals surface area contributed by atoms with Gasteiger partial charge >= 0.3 is 0 Å². The molecule has 11 nitrogen and oxygen atoms in total. The van der Waals surface area contributed by atoms with Crippen LogP contribution in [0.2, 0.25) is 0 Å². The predicted octanol–water partition coefficient (Wildman–Crippen LogP) is 5.47. The van der Waals surface area contributed by atoms with Crippen molar-refractivity contribution in [3.05, 3.63) is 108 Å². The number of ether oxygens (including phenoxy) is 4. The average molecular weight is 704 g/mol. The third-order valence-corrected chi connectivity index (χ3v) is 9.93. The Morgan fingerprint density at radius 2 is 1.36 bits per heavy atom. The van der Waals surface area contributed by atoms with E-state index in [4.69, 9.17) is 18.9 Å². The molecule has 4 aromatic carbocycles. The number of unbranched alkanes of at least 4 members (excludes halogenated alkanes) is 1.